The third kappa shape index (κ3) is 5.28. The molecule has 3 N–H and O–H groups in total. The smallest absolute Gasteiger partial charge is 0.269 e. The van der Waals surface area contributed by atoms with Gasteiger partial charge in [-0.05, 0) is 49.7 Å². The fourth-order valence-electron chi connectivity index (χ4n) is 2.53. The predicted octanol–water partition coefficient (Wildman–Crippen LogP) is 2.97. The molecule has 1 fully saturated rings. The fraction of sp³-hybridized carbons (Fsp3) is 0.438. The molecule has 0 heterocycles. The van der Waals surface area contributed by atoms with Gasteiger partial charge in [0.05, 0.1) is 0 Å². The summed E-state index contributed by atoms with van der Waals surface area (Å²) < 4.78 is 0.860. The Morgan fingerprint density at radius 2 is 1.87 bits per heavy atom. The van der Waals surface area contributed by atoms with E-state index in [-0.39, 0.29) is 22.8 Å². The highest BCUT2D eigenvalue weighted by Gasteiger charge is 2.21. The average Bonchev–Trinajstić information content (AvgIpc) is 2.56. The number of aryl methyl sites for hydroxylation is 1. The van der Waals surface area contributed by atoms with E-state index in [9.17, 15) is 9.59 Å². The van der Waals surface area contributed by atoms with Crippen LogP contribution in [-0.2, 0) is 4.79 Å². The highest BCUT2D eigenvalue weighted by atomic mass is 79.9. The molecule has 5 nitrogen and oxygen atoms in total. The zero-order valence-electron chi connectivity index (χ0n) is 12.9. The van der Waals surface area contributed by atoms with Crippen molar-refractivity contribution < 1.29 is 9.59 Å². The molecule has 0 atom stereocenters. The molecule has 1 saturated carbocycles. The normalized spacial score (nSPS) is 14.9. The molecule has 124 valence electrons. The Hall–Kier alpha value is -1.47. The third-order valence-electron chi connectivity index (χ3n) is 3.94. The Morgan fingerprint density at radius 3 is 2.52 bits per heavy atom. The van der Waals surface area contributed by atoms with E-state index in [1.54, 1.807) is 12.1 Å². The average molecular weight is 398 g/mol. The van der Waals surface area contributed by atoms with Crippen molar-refractivity contribution in [2.24, 2.45) is 5.92 Å². The maximum Gasteiger partial charge on any atom is 0.269 e. The van der Waals surface area contributed by atoms with E-state index in [1.807, 2.05) is 13.0 Å². The van der Waals surface area contributed by atoms with Crippen LogP contribution in [0.5, 0.6) is 0 Å². The molecule has 0 aromatic heterocycles. The van der Waals surface area contributed by atoms with Crippen LogP contribution in [0.25, 0.3) is 0 Å². The van der Waals surface area contributed by atoms with Gasteiger partial charge in [-0.25, -0.2) is 0 Å². The number of hydrazine groups is 1. The van der Waals surface area contributed by atoms with Crippen LogP contribution in [0.15, 0.2) is 22.7 Å². The summed E-state index contributed by atoms with van der Waals surface area (Å²) in [5.41, 5.74) is 6.60. The van der Waals surface area contributed by atoms with Gasteiger partial charge in [0, 0.05) is 16.0 Å². The number of carbonyl (C=O) groups is 2. The van der Waals surface area contributed by atoms with Gasteiger partial charge in [0.1, 0.15) is 0 Å². The van der Waals surface area contributed by atoms with Crippen molar-refractivity contribution in [3.05, 3.63) is 33.8 Å². The summed E-state index contributed by atoms with van der Waals surface area (Å²) in [6.07, 6.45) is 5.15. The monoisotopic (exact) mass is 397 g/mol. The molecule has 1 aliphatic carbocycles. The van der Waals surface area contributed by atoms with Gasteiger partial charge in [0.25, 0.3) is 5.91 Å². The Kier molecular flexibility index (Phi) is 6.53. The molecular weight excluding hydrogens is 378 g/mol. The lowest BCUT2D eigenvalue weighted by molar-refractivity contribution is -0.124. The Bertz CT molecular complexity index is 615. The molecular formula is C16H20BrN3O2S. The zero-order valence-corrected chi connectivity index (χ0v) is 15.4. The summed E-state index contributed by atoms with van der Waals surface area (Å²) in [7, 11) is 0. The van der Waals surface area contributed by atoms with E-state index >= 15 is 0 Å². The second kappa shape index (κ2) is 8.40. The Balaban J connectivity index is 1.80. The van der Waals surface area contributed by atoms with Gasteiger partial charge >= 0.3 is 0 Å². The number of benzene rings is 1. The topological polar surface area (TPSA) is 70.2 Å². The molecule has 0 aliphatic heterocycles. The van der Waals surface area contributed by atoms with Crippen LogP contribution >= 0.6 is 28.1 Å². The molecule has 0 bridgehead atoms. The van der Waals surface area contributed by atoms with Gasteiger partial charge in [-0.1, -0.05) is 41.3 Å². The summed E-state index contributed by atoms with van der Waals surface area (Å²) in [5.74, 6) is -0.373. The summed E-state index contributed by atoms with van der Waals surface area (Å²) in [6, 6.07) is 5.30. The zero-order chi connectivity index (χ0) is 16.8. The number of halogens is 1. The lowest BCUT2D eigenvalue weighted by Crippen LogP contribution is -2.49. The summed E-state index contributed by atoms with van der Waals surface area (Å²) >= 11 is 8.44. The maximum absolute atomic E-state index is 12.0. The molecule has 0 radical (unpaired) electrons. The highest BCUT2D eigenvalue weighted by molar-refractivity contribution is 9.10. The lowest BCUT2D eigenvalue weighted by Gasteiger charge is -2.21. The molecule has 7 heteroatoms. The predicted molar refractivity (Wildman–Crippen MR) is 96.8 cm³/mol. The van der Waals surface area contributed by atoms with Crippen LogP contribution in [0.2, 0.25) is 0 Å². The SMILES string of the molecule is Cc1ccc(C(=O)NNC(=S)NC(=O)C2CCCCC2)cc1Br. The van der Waals surface area contributed by atoms with Crippen molar-refractivity contribution in [1.29, 1.82) is 0 Å². The van der Waals surface area contributed by atoms with Crippen LogP contribution < -0.4 is 16.2 Å². The minimum atomic E-state index is -0.319. The van der Waals surface area contributed by atoms with Crippen LogP contribution in [0.3, 0.4) is 0 Å². The van der Waals surface area contributed by atoms with Gasteiger partial charge in [-0.2, -0.15) is 0 Å². The highest BCUT2D eigenvalue weighted by Crippen LogP contribution is 2.23. The third-order valence-corrected chi connectivity index (χ3v) is 4.99. The molecule has 23 heavy (non-hydrogen) atoms. The molecule has 0 saturated heterocycles. The summed E-state index contributed by atoms with van der Waals surface area (Å²) in [6.45, 7) is 1.94. The molecule has 1 aromatic carbocycles. The number of carbonyl (C=O) groups excluding carboxylic acids is 2. The van der Waals surface area contributed by atoms with Crippen molar-refractivity contribution >= 4 is 45.1 Å². The van der Waals surface area contributed by atoms with E-state index < -0.39 is 0 Å². The first-order valence-electron chi connectivity index (χ1n) is 7.64. The van der Waals surface area contributed by atoms with Gasteiger partial charge in [-0.3, -0.25) is 20.4 Å². The maximum atomic E-state index is 12.0. The number of nitrogens with one attached hydrogen (secondary N) is 3. The standard InChI is InChI=1S/C16H20BrN3O2S/c1-10-7-8-12(9-13(10)17)15(22)19-20-16(23)18-14(21)11-5-3-2-4-6-11/h7-9,11H,2-6H2,1H3,(H,19,22)(H2,18,20,21,23). The van der Waals surface area contributed by atoms with Crippen molar-refractivity contribution in [2.45, 2.75) is 39.0 Å². The number of hydrogen-bond acceptors (Lipinski definition) is 3. The molecule has 0 spiro atoms. The van der Waals surface area contributed by atoms with Crippen molar-refractivity contribution in [1.82, 2.24) is 16.2 Å². The second-order valence-electron chi connectivity index (χ2n) is 5.70. The van der Waals surface area contributed by atoms with E-state index in [0.717, 1.165) is 35.7 Å². The molecule has 2 rings (SSSR count). The van der Waals surface area contributed by atoms with E-state index in [0.29, 0.717) is 5.56 Å². The van der Waals surface area contributed by atoms with E-state index in [4.69, 9.17) is 12.2 Å². The van der Waals surface area contributed by atoms with Gasteiger partial charge < -0.3 is 5.32 Å². The van der Waals surface area contributed by atoms with Crippen molar-refractivity contribution in [3.8, 4) is 0 Å². The first kappa shape index (κ1) is 17.9. The van der Waals surface area contributed by atoms with E-state index in [2.05, 4.69) is 32.1 Å². The van der Waals surface area contributed by atoms with Crippen LogP contribution in [0, 0.1) is 12.8 Å². The number of amides is 2. The minimum Gasteiger partial charge on any atom is -0.302 e. The summed E-state index contributed by atoms with van der Waals surface area (Å²) in [4.78, 5) is 24.1. The first-order chi connectivity index (χ1) is 11.0. The second-order valence-corrected chi connectivity index (χ2v) is 6.96. The fourth-order valence-corrected chi connectivity index (χ4v) is 3.06. The number of rotatable bonds is 2. The molecule has 2 amide bonds. The Labute approximate surface area is 149 Å². The lowest BCUT2D eigenvalue weighted by atomic mass is 9.89. The summed E-state index contributed by atoms with van der Waals surface area (Å²) in [5, 5.41) is 2.75. The molecule has 1 aliphatic rings. The van der Waals surface area contributed by atoms with E-state index in [1.165, 1.54) is 6.42 Å². The molecule has 1 aromatic rings. The van der Waals surface area contributed by atoms with Crippen LogP contribution in [-0.4, -0.2) is 16.9 Å². The van der Waals surface area contributed by atoms with Gasteiger partial charge in [-0.15, -0.1) is 0 Å². The van der Waals surface area contributed by atoms with Crippen molar-refractivity contribution in [2.75, 3.05) is 0 Å². The quantitative estimate of drug-likeness (QED) is 0.529. The van der Waals surface area contributed by atoms with Crippen LogP contribution in [0.1, 0.15) is 48.0 Å². The Morgan fingerprint density at radius 1 is 1.17 bits per heavy atom. The van der Waals surface area contributed by atoms with Gasteiger partial charge in [0.15, 0.2) is 5.11 Å². The minimum absolute atomic E-state index is 0.0206. The molecule has 0 unspecified atom stereocenters. The first-order valence-corrected chi connectivity index (χ1v) is 8.85. The number of thiocarbonyl (C=S) groups is 1. The number of hydrogen-bond donors (Lipinski definition) is 3. The van der Waals surface area contributed by atoms with Crippen molar-refractivity contribution in [3.63, 3.8) is 0 Å². The van der Waals surface area contributed by atoms with Crippen LogP contribution in [0.4, 0.5) is 0 Å². The largest absolute Gasteiger partial charge is 0.302 e. The van der Waals surface area contributed by atoms with Gasteiger partial charge in [0.2, 0.25) is 5.91 Å².